The lowest BCUT2D eigenvalue weighted by Gasteiger charge is -2.34. The molecular weight excluding hydrogens is 236 g/mol. The number of rotatable bonds is 3. The third-order valence-electron chi connectivity index (χ3n) is 3.77. The van der Waals surface area contributed by atoms with Gasteiger partial charge in [0.05, 0.1) is 11.7 Å². The van der Waals surface area contributed by atoms with Gasteiger partial charge in [0.15, 0.2) is 5.75 Å². The van der Waals surface area contributed by atoms with Gasteiger partial charge in [-0.15, -0.1) is 0 Å². The molecule has 1 aliphatic heterocycles. The summed E-state index contributed by atoms with van der Waals surface area (Å²) in [6, 6.07) is 13.0. The predicted molar refractivity (Wildman–Crippen MR) is 80.0 cm³/mol. The van der Waals surface area contributed by atoms with Crippen molar-refractivity contribution in [2.45, 2.75) is 25.5 Å². The van der Waals surface area contributed by atoms with Crippen LogP contribution >= 0.6 is 0 Å². The molecule has 100 valence electrons. The predicted octanol–water partition coefficient (Wildman–Crippen LogP) is 3.01. The van der Waals surface area contributed by atoms with Gasteiger partial charge in [0, 0.05) is 5.39 Å². The smallest absolute Gasteiger partial charge is 0.150 e. The zero-order valence-corrected chi connectivity index (χ0v) is 11.4. The molecule has 19 heavy (non-hydrogen) atoms. The molecule has 2 atom stereocenters. The first-order valence-electron chi connectivity index (χ1n) is 6.89. The number of fused-ring (bicyclic) bond motifs is 3. The van der Waals surface area contributed by atoms with E-state index < -0.39 is 0 Å². The van der Waals surface area contributed by atoms with Crippen LogP contribution in [0.2, 0.25) is 0 Å². The van der Waals surface area contributed by atoms with Crippen LogP contribution in [0.3, 0.4) is 0 Å². The molecule has 3 heteroatoms. The van der Waals surface area contributed by atoms with E-state index >= 15 is 0 Å². The fourth-order valence-electron chi connectivity index (χ4n) is 2.67. The Morgan fingerprint density at radius 3 is 2.89 bits per heavy atom. The first-order valence-corrected chi connectivity index (χ1v) is 6.89. The maximum Gasteiger partial charge on any atom is 0.150 e. The average molecular weight is 256 g/mol. The van der Waals surface area contributed by atoms with Crippen molar-refractivity contribution in [1.29, 1.82) is 0 Å². The molecule has 0 saturated carbocycles. The Kier molecular flexibility index (Phi) is 3.30. The number of anilines is 1. The molecule has 0 spiro atoms. The van der Waals surface area contributed by atoms with E-state index in [2.05, 4.69) is 54.0 Å². The fraction of sp³-hybridized carbons (Fsp3) is 0.375. The standard InChI is InChI=1S/C16H20N2O/c1-11-15(9-10-17-2)19-16-13-6-4-3-5-12(13)7-8-14(16)18-11/h3-8,11,15,17-18H,9-10H2,1-2H3. The van der Waals surface area contributed by atoms with E-state index in [1.165, 1.54) is 10.8 Å². The number of hydrogen-bond acceptors (Lipinski definition) is 3. The zero-order valence-electron chi connectivity index (χ0n) is 11.4. The topological polar surface area (TPSA) is 33.3 Å². The number of benzene rings is 2. The molecule has 0 saturated heterocycles. The van der Waals surface area contributed by atoms with E-state index in [0.717, 1.165) is 24.4 Å². The molecule has 3 nitrogen and oxygen atoms in total. The van der Waals surface area contributed by atoms with Gasteiger partial charge >= 0.3 is 0 Å². The van der Waals surface area contributed by atoms with Gasteiger partial charge in [-0.3, -0.25) is 0 Å². The first-order chi connectivity index (χ1) is 9.29. The second-order valence-corrected chi connectivity index (χ2v) is 5.14. The lowest BCUT2D eigenvalue weighted by Crippen LogP contribution is -2.40. The van der Waals surface area contributed by atoms with E-state index in [1.54, 1.807) is 0 Å². The van der Waals surface area contributed by atoms with Gasteiger partial charge < -0.3 is 15.4 Å². The molecule has 2 aromatic carbocycles. The van der Waals surface area contributed by atoms with Crippen LogP contribution in [0.15, 0.2) is 36.4 Å². The second kappa shape index (κ2) is 5.10. The van der Waals surface area contributed by atoms with Gasteiger partial charge in [0.25, 0.3) is 0 Å². The van der Waals surface area contributed by atoms with Crippen molar-refractivity contribution in [3.8, 4) is 5.75 Å². The Labute approximate surface area is 114 Å². The van der Waals surface area contributed by atoms with Crippen LogP contribution in [-0.2, 0) is 0 Å². The molecule has 0 amide bonds. The molecule has 0 aliphatic carbocycles. The van der Waals surface area contributed by atoms with Gasteiger partial charge in [-0.05, 0) is 38.4 Å². The Hall–Kier alpha value is -1.74. The Morgan fingerprint density at radius 2 is 2.05 bits per heavy atom. The summed E-state index contributed by atoms with van der Waals surface area (Å²) in [7, 11) is 1.98. The molecule has 0 bridgehead atoms. The summed E-state index contributed by atoms with van der Waals surface area (Å²) < 4.78 is 6.26. The quantitative estimate of drug-likeness (QED) is 0.885. The van der Waals surface area contributed by atoms with E-state index in [0.29, 0.717) is 6.04 Å². The number of nitrogens with one attached hydrogen (secondary N) is 2. The maximum absolute atomic E-state index is 6.26. The van der Waals surface area contributed by atoms with Crippen LogP contribution in [0, 0.1) is 0 Å². The summed E-state index contributed by atoms with van der Waals surface area (Å²) in [5, 5.41) is 9.16. The number of hydrogen-bond donors (Lipinski definition) is 2. The normalized spacial score (nSPS) is 21.6. The van der Waals surface area contributed by atoms with Crippen LogP contribution < -0.4 is 15.4 Å². The molecule has 1 heterocycles. The molecule has 0 aromatic heterocycles. The van der Waals surface area contributed by atoms with E-state index in [4.69, 9.17) is 4.74 Å². The summed E-state index contributed by atoms with van der Waals surface area (Å²) in [5.41, 5.74) is 1.10. The molecular formula is C16H20N2O. The van der Waals surface area contributed by atoms with Crippen LogP contribution in [0.1, 0.15) is 13.3 Å². The van der Waals surface area contributed by atoms with Crippen molar-refractivity contribution < 1.29 is 4.74 Å². The third kappa shape index (κ3) is 2.26. The van der Waals surface area contributed by atoms with Crippen LogP contribution in [-0.4, -0.2) is 25.7 Å². The Bertz CT molecular complexity index is 582. The highest BCUT2D eigenvalue weighted by atomic mass is 16.5. The van der Waals surface area contributed by atoms with Gasteiger partial charge in [-0.2, -0.15) is 0 Å². The van der Waals surface area contributed by atoms with Crippen molar-refractivity contribution in [2.75, 3.05) is 18.9 Å². The minimum Gasteiger partial charge on any atom is -0.485 e. The molecule has 3 rings (SSSR count). The minimum absolute atomic E-state index is 0.214. The van der Waals surface area contributed by atoms with Crippen molar-refractivity contribution in [2.24, 2.45) is 0 Å². The average Bonchev–Trinajstić information content (AvgIpc) is 2.45. The van der Waals surface area contributed by atoms with Crippen LogP contribution in [0.5, 0.6) is 5.75 Å². The Balaban J connectivity index is 1.98. The second-order valence-electron chi connectivity index (χ2n) is 5.14. The summed E-state index contributed by atoms with van der Waals surface area (Å²) in [6.07, 6.45) is 1.22. The highest BCUT2D eigenvalue weighted by Crippen LogP contribution is 2.38. The summed E-state index contributed by atoms with van der Waals surface area (Å²) in [5.74, 6) is 0.998. The van der Waals surface area contributed by atoms with Gasteiger partial charge in [0.2, 0.25) is 0 Å². The van der Waals surface area contributed by atoms with Gasteiger partial charge in [-0.1, -0.05) is 30.3 Å². The summed E-state index contributed by atoms with van der Waals surface area (Å²) in [6.45, 7) is 3.15. The molecule has 0 fully saturated rings. The van der Waals surface area contributed by atoms with Crippen LogP contribution in [0.25, 0.3) is 10.8 Å². The minimum atomic E-state index is 0.214. The summed E-state index contributed by atoms with van der Waals surface area (Å²) in [4.78, 5) is 0. The molecule has 2 aromatic rings. The largest absolute Gasteiger partial charge is 0.485 e. The van der Waals surface area contributed by atoms with E-state index in [1.807, 2.05) is 7.05 Å². The highest BCUT2D eigenvalue weighted by molar-refractivity contribution is 5.93. The van der Waals surface area contributed by atoms with Crippen LogP contribution in [0.4, 0.5) is 5.69 Å². The van der Waals surface area contributed by atoms with Gasteiger partial charge in [-0.25, -0.2) is 0 Å². The maximum atomic E-state index is 6.26. The first kappa shape index (κ1) is 12.3. The Morgan fingerprint density at radius 1 is 1.21 bits per heavy atom. The lowest BCUT2D eigenvalue weighted by molar-refractivity contribution is 0.167. The SMILES string of the molecule is CNCCC1Oc2c(ccc3ccccc23)NC1C. The van der Waals surface area contributed by atoms with Crippen molar-refractivity contribution in [3.63, 3.8) is 0 Å². The third-order valence-corrected chi connectivity index (χ3v) is 3.77. The van der Waals surface area contributed by atoms with Crippen molar-refractivity contribution in [1.82, 2.24) is 5.32 Å². The summed E-state index contributed by atoms with van der Waals surface area (Å²) >= 11 is 0. The highest BCUT2D eigenvalue weighted by Gasteiger charge is 2.26. The number of ether oxygens (including phenoxy) is 1. The van der Waals surface area contributed by atoms with Crippen molar-refractivity contribution >= 4 is 16.5 Å². The molecule has 2 N–H and O–H groups in total. The lowest BCUT2D eigenvalue weighted by atomic mass is 10.0. The van der Waals surface area contributed by atoms with Gasteiger partial charge in [0.1, 0.15) is 6.10 Å². The van der Waals surface area contributed by atoms with E-state index in [-0.39, 0.29) is 6.10 Å². The van der Waals surface area contributed by atoms with Crippen molar-refractivity contribution in [3.05, 3.63) is 36.4 Å². The fourth-order valence-corrected chi connectivity index (χ4v) is 2.67. The van der Waals surface area contributed by atoms with E-state index in [9.17, 15) is 0 Å². The zero-order chi connectivity index (χ0) is 13.2. The monoisotopic (exact) mass is 256 g/mol. The molecule has 2 unspecified atom stereocenters. The molecule has 0 radical (unpaired) electrons. The molecule has 1 aliphatic rings.